The average Bonchev–Trinajstić information content (AvgIpc) is 3.03. The van der Waals surface area contributed by atoms with Crippen LogP contribution in [-0.2, 0) is 13.0 Å². The number of thiophene rings is 1. The van der Waals surface area contributed by atoms with Crippen molar-refractivity contribution in [1.82, 2.24) is 4.90 Å². The molecule has 1 aromatic heterocycles. The van der Waals surface area contributed by atoms with Crippen molar-refractivity contribution in [3.05, 3.63) is 58.0 Å². The summed E-state index contributed by atoms with van der Waals surface area (Å²) >= 11 is 1.82. The zero-order valence-corrected chi connectivity index (χ0v) is 11.7. The van der Waals surface area contributed by atoms with Gasteiger partial charge in [0.05, 0.1) is 0 Å². The summed E-state index contributed by atoms with van der Waals surface area (Å²) < 4.78 is 13.2. The standard InChI is InChI=1S/C16H18FNS/c17-14-5-1-4-13(10-14)11-15-6-2-8-18(15)12-16-7-3-9-19-16/h1,3-5,7,9-10,15H,2,6,8,11-12H2. The van der Waals surface area contributed by atoms with E-state index >= 15 is 0 Å². The number of rotatable bonds is 4. The van der Waals surface area contributed by atoms with Crippen LogP contribution in [0.25, 0.3) is 0 Å². The highest BCUT2D eigenvalue weighted by Crippen LogP contribution is 2.24. The minimum absolute atomic E-state index is 0.125. The van der Waals surface area contributed by atoms with Crippen molar-refractivity contribution in [2.45, 2.75) is 31.8 Å². The van der Waals surface area contributed by atoms with Gasteiger partial charge in [-0.15, -0.1) is 11.3 Å². The smallest absolute Gasteiger partial charge is 0.123 e. The third-order valence-corrected chi connectivity index (χ3v) is 4.66. The number of likely N-dealkylation sites (tertiary alicyclic amines) is 1. The first-order valence-electron chi connectivity index (χ1n) is 6.82. The van der Waals surface area contributed by atoms with Gasteiger partial charge in [0.1, 0.15) is 5.82 Å². The quantitative estimate of drug-likeness (QED) is 0.812. The van der Waals surface area contributed by atoms with E-state index in [2.05, 4.69) is 22.4 Å². The van der Waals surface area contributed by atoms with Crippen LogP contribution in [0, 0.1) is 5.82 Å². The lowest BCUT2D eigenvalue weighted by Gasteiger charge is -2.24. The molecular formula is C16H18FNS. The predicted octanol–water partition coefficient (Wildman–Crippen LogP) is 4.09. The second-order valence-electron chi connectivity index (χ2n) is 5.18. The summed E-state index contributed by atoms with van der Waals surface area (Å²) in [5, 5.41) is 2.13. The second-order valence-corrected chi connectivity index (χ2v) is 6.21. The first-order valence-corrected chi connectivity index (χ1v) is 7.70. The topological polar surface area (TPSA) is 3.24 Å². The normalized spacial score (nSPS) is 19.9. The maximum Gasteiger partial charge on any atom is 0.123 e. The molecule has 1 aliphatic rings. The lowest BCUT2D eigenvalue weighted by atomic mass is 10.0. The average molecular weight is 275 g/mol. The van der Waals surface area contributed by atoms with Crippen LogP contribution >= 0.6 is 11.3 Å². The number of halogens is 1. The lowest BCUT2D eigenvalue weighted by Crippen LogP contribution is -2.30. The molecule has 2 heterocycles. The molecule has 19 heavy (non-hydrogen) atoms. The molecule has 0 N–H and O–H groups in total. The third-order valence-electron chi connectivity index (χ3n) is 3.80. The molecule has 0 saturated carbocycles. The van der Waals surface area contributed by atoms with Crippen LogP contribution in [0.5, 0.6) is 0 Å². The number of hydrogen-bond donors (Lipinski definition) is 0. The minimum Gasteiger partial charge on any atom is -0.295 e. The Labute approximate surface area is 117 Å². The Kier molecular flexibility index (Phi) is 3.95. The Morgan fingerprint density at radius 3 is 3.00 bits per heavy atom. The summed E-state index contributed by atoms with van der Waals surface area (Å²) in [7, 11) is 0. The predicted molar refractivity (Wildman–Crippen MR) is 77.9 cm³/mol. The molecule has 1 aliphatic heterocycles. The van der Waals surface area contributed by atoms with Gasteiger partial charge in [-0.05, 0) is 54.9 Å². The van der Waals surface area contributed by atoms with E-state index in [4.69, 9.17) is 0 Å². The van der Waals surface area contributed by atoms with E-state index < -0.39 is 0 Å². The lowest BCUT2D eigenvalue weighted by molar-refractivity contribution is 0.246. The van der Waals surface area contributed by atoms with Gasteiger partial charge in [-0.1, -0.05) is 18.2 Å². The van der Waals surface area contributed by atoms with E-state index in [0.717, 1.165) is 25.1 Å². The second kappa shape index (κ2) is 5.85. The molecule has 3 heteroatoms. The minimum atomic E-state index is -0.125. The van der Waals surface area contributed by atoms with E-state index in [1.54, 1.807) is 6.07 Å². The van der Waals surface area contributed by atoms with Gasteiger partial charge in [-0.25, -0.2) is 4.39 Å². The number of benzene rings is 1. The Balaban J connectivity index is 1.66. The van der Waals surface area contributed by atoms with Gasteiger partial charge in [0, 0.05) is 17.5 Å². The van der Waals surface area contributed by atoms with Crippen molar-refractivity contribution >= 4 is 11.3 Å². The Hall–Kier alpha value is -1.19. The fourth-order valence-electron chi connectivity index (χ4n) is 2.87. The maximum atomic E-state index is 13.2. The van der Waals surface area contributed by atoms with Gasteiger partial charge in [0.2, 0.25) is 0 Å². The molecular weight excluding hydrogens is 257 g/mol. The molecule has 0 radical (unpaired) electrons. The van der Waals surface area contributed by atoms with Crippen LogP contribution in [0.4, 0.5) is 4.39 Å². The van der Waals surface area contributed by atoms with Gasteiger partial charge in [0.15, 0.2) is 0 Å². The molecule has 1 aromatic carbocycles. The summed E-state index contributed by atoms with van der Waals surface area (Å²) in [6, 6.07) is 11.9. The SMILES string of the molecule is Fc1cccc(CC2CCCN2Cc2cccs2)c1. The molecule has 1 unspecified atom stereocenters. The van der Waals surface area contributed by atoms with Crippen LogP contribution in [-0.4, -0.2) is 17.5 Å². The molecule has 1 saturated heterocycles. The largest absolute Gasteiger partial charge is 0.295 e. The van der Waals surface area contributed by atoms with Crippen molar-refractivity contribution in [2.24, 2.45) is 0 Å². The van der Waals surface area contributed by atoms with Gasteiger partial charge in [-0.3, -0.25) is 4.90 Å². The molecule has 0 spiro atoms. The zero-order chi connectivity index (χ0) is 13.1. The van der Waals surface area contributed by atoms with Gasteiger partial charge in [-0.2, -0.15) is 0 Å². The molecule has 1 atom stereocenters. The fraction of sp³-hybridized carbons (Fsp3) is 0.375. The third kappa shape index (κ3) is 3.23. The first kappa shape index (κ1) is 12.8. The summed E-state index contributed by atoms with van der Waals surface area (Å²) in [5.41, 5.74) is 1.11. The summed E-state index contributed by atoms with van der Waals surface area (Å²) in [6.45, 7) is 2.20. The highest BCUT2D eigenvalue weighted by atomic mass is 32.1. The molecule has 2 aromatic rings. The Morgan fingerprint density at radius 2 is 2.21 bits per heavy atom. The number of nitrogens with zero attached hydrogens (tertiary/aromatic N) is 1. The van der Waals surface area contributed by atoms with Gasteiger partial charge >= 0.3 is 0 Å². The molecule has 1 fully saturated rings. The molecule has 0 amide bonds. The van der Waals surface area contributed by atoms with Crippen LogP contribution in [0.15, 0.2) is 41.8 Å². The van der Waals surface area contributed by atoms with Crippen molar-refractivity contribution in [3.8, 4) is 0 Å². The summed E-state index contributed by atoms with van der Waals surface area (Å²) in [4.78, 5) is 3.96. The fourth-order valence-corrected chi connectivity index (χ4v) is 3.60. The van der Waals surface area contributed by atoms with Crippen molar-refractivity contribution in [3.63, 3.8) is 0 Å². The van der Waals surface area contributed by atoms with Crippen LogP contribution in [0.1, 0.15) is 23.3 Å². The van der Waals surface area contributed by atoms with E-state index in [1.807, 2.05) is 23.5 Å². The van der Waals surface area contributed by atoms with Crippen LogP contribution in [0.2, 0.25) is 0 Å². The van der Waals surface area contributed by atoms with E-state index in [0.29, 0.717) is 6.04 Å². The monoisotopic (exact) mass is 275 g/mol. The van der Waals surface area contributed by atoms with E-state index in [-0.39, 0.29) is 5.82 Å². The highest BCUT2D eigenvalue weighted by molar-refractivity contribution is 7.09. The molecule has 100 valence electrons. The Morgan fingerprint density at radius 1 is 1.26 bits per heavy atom. The zero-order valence-electron chi connectivity index (χ0n) is 10.9. The van der Waals surface area contributed by atoms with E-state index in [9.17, 15) is 4.39 Å². The van der Waals surface area contributed by atoms with Crippen molar-refractivity contribution in [1.29, 1.82) is 0 Å². The summed E-state index contributed by atoms with van der Waals surface area (Å²) in [6.07, 6.45) is 3.44. The first-order chi connectivity index (χ1) is 9.31. The maximum absolute atomic E-state index is 13.2. The molecule has 1 nitrogen and oxygen atoms in total. The molecule has 3 rings (SSSR count). The van der Waals surface area contributed by atoms with Crippen LogP contribution in [0.3, 0.4) is 0 Å². The van der Waals surface area contributed by atoms with Crippen molar-refractivity contribution in [2.75, 3.05) is 6.54 Å². The van der Waals surface area contributed by atoms with Gasteiger partial charge in [0.25, 0.3) is 0 Å². The van der Waals surface area contributed by atoms with Crippen LogP contribution < -0.4 is 0 Å². The van der Waals surface area contributed by atoms with Gasteiger partial charge < -0.3 is 0 Å². The molecule has 0 aliphatic carbocycles. The molecule has 0 bridgehead atoms. The highest BCUT2D eigenvalue weighted by Gasteiger charge is 2.24. The van der Waals surface area contributed by atoms with Crippen molar-refractivity contribution < 1.29 is 4.39 Å². The van der Waals surface area contributed by atoms with E-state index in [1.165, 1.54) is 23.8 Å². The summed E-state index contributed by atoms with van der Waals surface area (Å²) in [5.74, 6) is -0.125. The number of hydrogen-bond acceptors (Lipinski definition) is 2. The Bertz CT molecular complexity index is 523.